The van der Waals surface area contributed by atoms with Crippen molar-refractivity contribution in [1.29, 1.82) is 0 Å². The highest BCUT2D eigenvalue weighted by Crippen LogP contribution is 2.29. The molecule has 116 valence electrons. The van der Waals surface area contributed by atoms with Gasteiger partial charge in [0.2, 0.25) is 0 Å². The van der Waals surface area contributed by atoms with Gasteiger partial charge >= 0.3 is 12.0 Å². The predicted molar refractivity (Wildman–Crippen MR) is 78.5 cm³/mol. The summed E-state index contributed by atoms with van der Waals surface area (Å²) in [7, 11) is 1.38. The summed E-state index contributed by atoms with van der Waals surface area (Å²) in [6, 6.07) is 0.00359. The molecule has 5 nitrogen and oxygen atoms in total. The van der Waals surface area contributed by atoms with Crippen LogP contribution in [0.3, 0.4) is 0 Å². The smallest absolute Gasteiger partial charge is 0.331 e. The molecule has 0 aromatic heterocycles. The second kappa shape index (κ2) is 6.95. The van der Waals surface area contributed by atoms with Gasteiger partial charge in [-0.2, -0.15) is 0 Å². The Labute approximate surface area is 122 Å². The van der Waals surface area contributed by atoms with Crippen LogP contribution in [-0.2, 0) is 9.53 Å². The monoisotopic (exact) mass is 284 g/mol. The molecule has 0 bridgehead atoms. The Bertz CT molecular complexity index is 339. The zero-order chi connectivity index (χ0) is 15.3. The third kappa shape index (κ3) is 3.64. The Hall–Kier alpha value is -1.26. The van der Waals surface area contributed by atoms with Crippen LogP contribution in [0.4, 0.5) is 4.79 Å². The van der Waals surface area contributed by atoms with Gasteiger partial charge in [-0.25, -0.2) is 9.59 Å². The molecule has 1 fully saturated rings. The summed E-state index contributed by atoms with van der Waals surface area (Å²) in [4.78, 5) is 26.4. The minimum Gasteiger partial charge on any atom is -0.467 e. The molecule has 1 rings (SSSR count). The molecule has 0 saturated heterocycles. The molecule has 1 N–H and O–H groups in total. The van der Waals surface area contributed by atoms with E-state index in [2.05, 4.69) is 5.32 Å². The first-order chi connectivity index (χ1) is 9.34. The third-order valence-electron chi connectivity index (χ3n) is 3.98. The number of ether oxygens (including phenoxy) is 1. The van der Waals surface area contributed by atoms with Gasteiger partial charge in [-0.05, 0) is 40.5 Å². The highest BCUT2D eigenvalue weighted by Gasteiger charge is 2.43. The zero-order valence-corrected chi connectivity index (χ0v) is 13.4. The van der Waals surface area contributed by atoms with Crippen molar-refractivity contribution in [1.82, 2.24) is 10.2 Å². The molecule has 5 heteroatoms. The minimum absolute atomic E-state index is 0.0910. The van der Waals surface area contributed by atoms with Crippen LogP contribution in [0.2, 0.25) is 0 Å². The van der Waals surface area contributed by atoms with Gasteiger partial charge in [-0.15, -0.1) is 0 Å². The van der Waals surface area contributed by atoms with Crippen molar-refractivity contribution in [2.45, 2.75) is 77.4 Å². The van der Waals surface area contributed by atoms with Crippen molar-refractivity contribution >= 4 is 12.0 Å². The summed E-state index contributed by atoms with van der Waals surface area (Å²) in [5, 5.41) is 2.96. The van der Waals surface area contributed by atoms with Gasteiger partial charge in [0.1, 0.15) is 5.54 Å². The van der Waals surface area contributed by atoms with E-state index in [4.69, 9.17) is 4.74 Å². The van der Waals surface area contributed by atoms with E-state index < -0.39 is 5.54 Å². The first kappa shape index (κ1) is 16.8. The summed E-state index contributed by atoms with van der Waals surface area (Å²) in [6.45, 7) is 7.91. The van der Waals surface area contributed by atoms with Gasteiger partial charge < -0.3 is 15.0 Å². The van der Waals surface area contributed by atoms with Gasteiger partial charge in [-0.1, -0.05) is 19.3 Å². The fraction of sp³-hybridized carbons (Fsp3) is 0.867. The molecule has 0 unspecified atom stereocenters. The lowest BCUT2D eigenvalue weighted by Gasteiger charge is -2.39. The Kier molecular flexibility index (Phi) is 5.84. The number of esters is 1. The maximum atomic E-state index is 12.5. The van der Waals surface area contributed by atoms with Gasteiger partial charge in [0, 0.05) is 12.1 Å². The van der Waals surface area contributed by atoms with E-state index in [9.17, 15) is 9.59 Å². The fourth-order valence-corrected chi connectivity index (χ4v) is 3.07. The molecule has 0 aromatic rings. The SMILES string of the molecule is COC(=O)C1(NC(=O)N(C(C)C)C(C)C)CCCCC1. The maximum Gasteiger partial charge on any atom is 0.331 e. The number of nitrogens with one attached hydrogen (secondary N) is 1. The van der Waals surface area contributed by atoms with E-state index >= 15 is 0 Å². The van der Waals surface area contributed by atoms with Crippen molar-refractivity contribution < 1.29 is 14.3 Å². The van der Waals surface area contributed by atoms with Crippen LogP contribution < -0.4 is 5.32 Å². The fourth-order valence-electron chi connectivity index (χ4n) is 3.07. The molecule has 20 heavy (non-hydrogen) atoms. The molecule has 2 amide bonds. The third-order valence-corrected chi connectivity index (χ3v) is 3.98. The Morgan fingerprint density at radius 1 is 1.05 bits per heavy atom. The van der Waals surface area contributed by atoms with Gasteiger partial charge in [0.25, 0.3) is 0 Å². The van der Waals surface area contributed by atoms with Crippen LogP contribution >= 0.6 is 0 Å². The Morgan fingerprint density at radius 2 is 1.55 bits per heavy atom. The largest absolute Gasteiger partial charge is 0.467 e. The average molecular weight is 284 g/mol. The predicted octanol–water partition coefficient (Wildman–Crippen LogP) is 2.69. The van der Waals surface area contributed by atoms with E-state index in [1.165, 1.54) is 7.11 Å². The first-order valence-corrected chi connectivity index (χ1v) is 7.53. The van der Waals surface area contributed by atoms with Crippen LogP contribution in [0.25, 0.3) is 0 Å². The Balaban J connectivity index is 2.89. The van der Waals surface area contributed by atoms with E-state index in [0.29, 0.717) is 12.8 Å². The topological polar surface area (TPSA) is 58.6 Å². The van der Waals surface area contributed by atoms with Crippen molar-refractivity contribution in [2.24, 2.45) is 0 Å². The zero-order valence-electron chi connectivity index (χ0n) is 13.4. The molecule has 0 spiro atoms. The summed E-state index contributed by atoms with van der Waals surface area (Å²) >= 11 is 0. The van der Waals surface area contributed by atoms with Crippen LogP contribution in [0.5, 0.6) is 0 Å². The average Bonchev–Trinajstić information content (AvgIpc) is 2.37. The van der Waals surface area contributed by atoms with Crippen LogP contribution in [0, 0.1) is 0 Å². The molecule has 0 heterocycles. The highest BCUT2D eigenvalue weighted by molar-refractivity contribution is 5.87. The maximum absolute atomic E-state index is 12.5. The lowest BCUT2D eigenvalue weighted by Crippen LogP contribution is -2.61. The van der Waals surface area contributed by atoms with Crippen LogP contribution in [0.15, 0.2) is 0 Å². The molecule has 0 aliphatic heterocycles. The second-order valence-electron chi connectivity index (χ2n) is 6.16. The summed E-state index contributed by atoms with van der Waals surface area (Å²) in [5.74, 6) is -0.321. The van der Waals surface area contributed by atoms with Crippen LogP contribution in [-0.4, -0.2) is 41.6 Å². The number of carbonyl (C=O) groups is 2. The number of carbonyl (C=O) groups excluding carboxylic acids is 2. The summed E-state index contributed by atoms with van der Waals surface area (Å²) in [6.07, 6.45) is 4.31. The number of urea groups is 1. The number of hydrogen-bond acceptors (Lipinski definition) is 3. The Morgan fingerprint density at radius 3 is 1.95 bits per heavy atom. The number of hydrogen-bond donors (Lipinski definition) is 1. The molecule has 0 aromatic carbocycles. The lowest BCUT2D eigenvalue weighted by molar-refractivity contribution is -0.149. The number of methoxy groups -OCH3 is 1. The second-order valence-corrected chi connectivity index (χ2v) is 6.16. The van der Waals surface area contributed by atoms with Crippen molar-refractivity contribution in [3.05, 3.63) is 0 Å². The van der Waals surface area contributed by atoms with Gasteiger partial charge in [-0.3, -0.25) is 0 Å². The highest BCUT2D eigenvalue weighted by atomic mass is 16.5. The van der Waals surface area contributed by atoms with Crippen LogP contribution in [0.1, 0.15) is 59.8 Å². The summed E-state index contributed by atoms with van der Waals surface area (Å²) in [5.41, 5.74) is -0.841. The summed E-state index contributed by atoms with van der Waals surface area (Å²) < 4.78 is 4.92. The van der Waals surface area contributed by atoms with E-state index in [-0.39, 0.29) is 24.1 Å². The van der Waals surface area contributed by atoms with Crippen molar-refractivity contribution in [3.8, 4) is 0 Å². The van der Waals surface area contributed by atoms with E-state index in [1.54, 1.807) is 4.90 Å². The van der Waals surface area contributed by atoms with E-state index in [1.807, 2.05) is 27.7 Å². The van der Waals surface area contributed by atoms with Gasteiger partial charge in [0.15, 0.2) is 0 Å². The molecule has 1 aliphatic carbocycles. The standard InChI is InChI=1S/C15H28N2O3/c1-11(2)17(12(3)4)14(19)16-15(13(18)20-5)9-7-6-8-10-15/h11-12H,6-10H2,1-5H3,(H,16,19). The van der Waals surface area contributed by atoms with Crippen molar-refractivity contribution in [3.63, 3.8) is 0 Å². The molecular weight excluding hydrogens is 256 g/mol. The first-order valence-electron chi connectivity index (χ1n) is 7.53. The molecular formula is C15H28N2O3. The number of nitrogens with zero attached hydrogens (tertiary/aromatic N) is 1. The van der Waals surface area contributed by atoms with E-state index in [0.717, 1.165) is 19.3 Å². The molecule has 0 radical (unpaired) electrons. The quantitative estimate of drug-likeness (QED) is 0.807. The number of rotatable bonds is 4. The molecule has 1 saturated carbocycles. The molecule has 0 atom stereocenters. The lowest BCUT2D eigenvalue weighted by atomic mass is 9.81. The number of amides is 2. The normalized spacial score (nSPS) is 17.9. The van der Waals surface area contributed by atoms with Crippen molar-refractivity contribution in [2.75, 3.05) is 7.11 Å². The molecule has 1 aliphatic rings. The minimum atomic E-state index is -0.841. The van der Waals surface area contributed by atoms with Gasteiger partial charge in [0.05, 0.1) is 7.11 Å².